The van der Waals surface area contributed by atoms with E-state index in [0.717, 1.165) is 16.1 Å². The van der Waals surface area contributed by atoms with Gasteiger partial charge in [0.15, 0.2) is 11.4 Å². The fraction of sp³-hybridized carbons (Fsp3) is 0.348. The van der Waals surface area contributed by atoms with Gasteiger partial charge >= 0.3 is 5.97 Å². The number of aliphatic hydroxyl groups is 1. The van der Waals surface area contributed by atoms with E-state index in [9.17, 15) is 14.7 Å². The van der Waals surface area contributed by atoms with Crippen LogP contribution in [0, 0.1) is 5.41 Å². The van der Waals surface area contributed by atoms with E-state index in [1.807, 2.05) is 42.5 Å². The van der Waals surface area contributed by atoms with Crippen molar-refractivity contribution in [3.8, 4) is 11.1 Å². The molecule has 0 bridgehead atoms. The van der Waals surface area contributed by atoms with Crippen LogP contribution in [-0.4, -0.2) is 40.0 Å². The molecule has 152 valence electrons. The number of amides is 1. The average Bonchev–Trinajstić information content (AvgIpc) is 3.07. The molecule has 0 saturated heterocycles. The summed E-state index contributed by atoms with van der Waals surface area (Å²) in [5.74, 6) is -1.09. The fourth-order valence-electron chi connectivity index (χ4n) is 3.23. The van der Waals surface area contributed by atoms with Crippen molar-refractivity contribution in [1.82, 2.24) is 5.01 Å². The van der Waals surface area contributed by atoms with Crippen molar-refractivity contribution >= 4 is 17.6 Å². The van der Waals surface area contributed by atoms with Crippen molar-refractivity contribution in [2.75, 3.05) is 6.61 Å². The zero-order valence-corrected chi connectivity index (χ0v) is 17.2. The van der Waals surface area contributed by atoms with Gasteiger partial charge in [-0.2, -0.15) is 10.1 Å². The molecule has 29 heavy (non-hydrogen) atoms. The molecular weight excluding hydrogens is 368 g/mol. The molecule has 1 heterocycles. The first-order valence-electron chi connectivity index (χ1n) is 9.64. The molecule has 3 rings (SSSR count). The molecule has 6 heteroatoms. The van der Waals surface area contributed by atoms with Gasteiger partial charge in [-0.25, -0.2) is 4.79 Å². The third-order valence-corrected chi connectivity index (χ3v) is 5.13. The van der Waals surface area contributed by atoms with E-state index in [2.05, 4.69) is 5.10 Å². The number of carbonyl (C=O) groups is 2. The summed E-state index contributed by atoms with van der Waals surface area (Å²) >= 11 is 0. The Labute approximate surface area is 170 Å². The minimum absolute atomic E-state index is 0.0403. The summed E-state index contributed by atoms with van der Waals surface area (Å²) in [4.78, 5) is 25.4. The molecule has 0 aliphatic carbocycles. The Morgan fingerprint density at radius 2 is 1.66 bits per heavy atom. The third-order valence-electron chi connectivity index (χ3n) is 5.13. The molecule has 1 amide bonds. The molecule has 1 atom stereocenters. The van der Waals surface area contributed by atoms with E-state index in [4.69, 9.17) is 4.74 Å². The minimum atomic E-state index is -1.63. The fourth-order valence-corrected chi connectivity index (χ4v) is 3.23. The standard InChI is InChI=1S/C23H26N2O4/c1-5-29-21(27)19-15-23(28,22(2,3)4)25(24-19)20(26)18-13-11-17(12-14-18)16-9-7-6-8-10-16/h6-14,28H,5,15H2,1-4H3/t23-/m1/s1. The lowest BCUT2D eigenvalue weighted by molar-refractivity contribution is -0.144. The SMILES string of the molecule is CCOC(=O)C1=NN(C(=O)c2ccc(-c3ccccc3)cc2)[C@](O)(C(C)(C)C)C1. The van der Waals surface area contributed by atoms with Crippen LogP contribution in [0.3, 0.4) is 0 Å². The van der Waals surface area contributed by atoms with Crippen LogP contribution in [0.2, 0.25) is 0 Å². The molecule has 2 aromatic rings. The number of hydrazone groups is 1. The molecule has 0 aromatic heterocycles. The molecule has 1 aliphatic heterocycles. The zero-order chi connectivity index (χ0) is 21.2. The topological polar surface area (TPSA) is 79.2 Å². The molecule has 2 aromatic carbocycles. The van der Waals surface area contributed by atoms with Gasteiger partial charge in [-0.3, -0.25) is 4.79 Å². The normalized spacial score (nSPS) is 19.1. The second-order valence-corrected chi connectivity index (χ2v) is 8.07. The zero-order valence-electron chi connectivity index (χ0n) is 17.2. The van der Waals surface area contributed by atoms with E-state index in [1.54, 1.807) is 39.8 Å². The Morgan fingerprint density at radius 3 is 2.21 bits per heavy atom. The number of ether oxygens (including phenoxy) is 1. The summed E-state index contributed by atoms with van der Waals surface area (Å²) in [5.41, 5.74) is 0.0703. The monoisotopic (exact) mass is 394 g/mol. The summed E-state index contributed by atoms with van der Waals surface area (Å²) in [7, 11) is 0. The summed E-state index contributed by atoms with van der Waals surface area (Å²) in [6.07, 6.45) is -0.0802. The quantitative estimate of drug-likeness (QED) is 0.799. The maximum Gasteiger partial charge on any atom is 0.354 e. The number of esters is 1. The van der Waals surface area contributed by atoms with E-state index < -0.39 is 23.0 Å². The predicted octanol–water partition coefficient (Wildman–Crippen LogP) is 3.85. The third kappa shape index (κ3) is 3.93. The Bertz CT molecular complexity index is 930. The molecule has 0 fully saturated rings. The lowest BCUT2D eigenvalue weighted by atomic mass is 9.80. The molecule has 6 nitrogen and oxygen atoms in total. The summed E-state index contributed by atoms with van der Waals surface area (Å²) in [5, 5.41) is 16.5. The van der Waals surface area contributed by atoms with Gasteiger partial charge in [0.25, 0.3) is 5.91 Å². The predicted molar refractivity (Wildman–Crippen MR) is 111 cm³/mol. The van der Waals surface area contributed by atoms with Gasteiger partial charge in [-0.05, 0) is 30.2 Å². The van der Waals surface area contributed by atoms with Crippen molar-refractivity contribution in [2.24, 2.45) is 10.5 Å². The second kappa shape index (κ2) is 7.79. The van der Waals surface area contributed by atoms with Gasteiger partial charge < -0.3 is 9.84 Å². The van der Waals surface area contributed by atoms with Gasteiger partial charge in [0.05, 0.1) is 6.61 Å². The molecule has 1 aliphatic rings. The van der Waals surface area contributed by atoms with Crippen molar-refractivity contribution in [1.29, 1.82) is 0 Å². The smallest absolute Gasteiger partial charge is 0.354 e. The van der Waals surface area contributed by atoms with Crippen molar-refractivity contribution in [3.05, 3.63) is 60.2 Å². The highest BCUT2D eigenvalue weighted by atomic mass is 16.5. The minimum Gasteiger partial charge on any atom is -0.461 e. The maximum atomic E-state index is 13.2. The Balaban J connectivity index is 1.93. The van der Waals surface area contributed by atoms with E-state index in [0.29, 0.717) is 5.56 Å². The van der Waals surface area contributed by atoms with E-state index in [-0.39, 0.29) is 18.7 Å². The highest BCUT2D eigenvalue weighted by Gasteiger charge is 2.54. The Morgan fingerprint density at radius 1 is 1.07 bits per heavy atom. The maximum absolute atomic E-state index is 13.2. The van der Waals surface area contributed by atoms with Crippen LogP contribution >= 0.6 is 0 Å². The summed E-state index contributed by atoms with van der Waals surface area (Å²) < 4.78 is 5.01. The van der Waals surface area contributed by atoms with E-state index >= 15 is 0 Å². The van der Waals surface area contributed by atoms with Crippen molar-refractivity contribution in [2.45, 2.75) is 39.8 Å². The van der Waals surface area contributed by atoms with Gasteiger partial charge in [-0.1, -0.05) is 63.2 Å². The van der Waals surface area contributed by atoms with Crippen LogP contribution in [0.5, 0.6) is 0 Å². The van der Waals surface area contributed by atoms with Gasteiger partial charge in [-0.15, -0.1) is 0 Å². The van der Waals surface area contributed by atoms with Gasteiger partial charge in [0.1, 0.15) is 0 Å². The van der Waals surface area contributed by atoms with Crippen molar-refractivity contribution < 1.29 is 19.4 Å². The molecule has 0 unspecified atom stereocenters. The van der Waals surface area contributed by atoms with Crippen molar-refractivity contribution in [3.63, 3.8) is 0 Å². The van der Waals surface area contributed by atoms with Gasteiger partial charge in [0.2, 0.25) is 0 Å². The molecule has 1 N–H and O–H groups in total. The number of hydrogen-bond acceptors (Lipinski definition) is 5. The summed E-state index contributed by atoms with van der Waals surface area (Å²) in [6, 6.07) is 16.9. The highest BCUT2D eigenvalue weighted by molar-refractivity contribution is 6.37. The van der Waals surface area contributed by atoms with E-state index in [1.165, 1.54) is 0 Å². The lowest BCUT2D eigenvalue weighted by Crippen LogP contribution is -2.55. The molecule has 0 radical (unpaired) electrons. The van der Waals surface area contributed by atoms with Crippen LogP contribution in [-0.2, 0) is 9.53 Å². The number of benzene rings is 2. The number of rotatable bonds is 4. The van der Waals surface area contributed by atoms with Crippen LogP contribution in [0.4, 0.5) is 0 Å². The Kier molecular flexibility index (Phi) is 5.57. The first kappa shape index (κ1) is 20.7. The first-order valence-corrected chi connectivity index (χ1v) is 9.64. The second-order valence-electron chi connectivity index (χ2n) is 8.07. The highest BCUT2D eigenvalue weighted by Crippen LogP contribution is 2.41. The Hall–Kier alpha value is -2.99. The van der Waals surface area contributed by atoms with Crippen LogP contribution < -0.4 is 0 Å². The van der Waals surface area contributed by atoms with Crippen LogP contribution in [0.1, 0.15) is 44.5 Å². The summed E-state index contributed by atoms with van der Waals surface area (Å²) in [6.45, 7) is 7.29. The van der Waals surface area contributed by atoms with Gasteiger partial charge in [0, 0.05) is 17.4 Å². The molecule has 0 spiro atoms. The number of nitrogens with zero attached hydrogens (tertiary/aromatic N) is 2. The van der Waals surface area contributed by atoms with Crippen LogP contribution in [0.25, 0.3) is 11.1 Å². The lowest BCUT2D eigenvalue weighted by Gasteiger charge is -2.41. The number of carbonyl (C=O) groups excluding carboxylic acids is 2. The molecular formula is C23H26N2O4. The largest absolute Gasteiger partial charge is 0.461 e. The molecule has 0 saturated carbocycles. The van der Waals surface area contributed by atoms with Crippen LogP contribution in [0.15, 0.2) is 59.7 Å². The number of hydrogen-bond donors (Lipinski definition) is 1. The average molecular weight is 394 g/mol. The first-order chi connectivity index (χ1) is 13.7.